The van der Waals surface area contributed by atoms with Gasteiger partial charge in [-0.25, -0.2) is 9.37 Å². The standard InChI is InChI=1S/C23H21FN4O2/c1-29-17-11-12-21(30-2)20(13-17)27-23-26-19-6-4-3-5-18(19)22(28-23)25-14-15-7-9-16(24)10-8-15/h3-13H,14H2,1-2H3,(H2,25,26,27,28). The fraction of sp³-hybridized carbons (Fsp3) is 0.130. The third-order valence-corrected chi connectivity index (χ3v) is 4.63. The summed E-state index contributed by atoms with van der Waals surface area (Å²) in [6, 6.07) is 19.6. The molecule has 0 saturated carbocycles. The van der Waals surface area contributed by atoms with Crippen LogP contribution in [-0.4, -0.2) is 24.2 Å². The van der Waals surface area contributed by atoms with Crippen LogP contribution in [0.2, 0.25) is 0 Å². The van der Waals surface area contributed by atoms with Crippen LogP contribution in [0.1, 0.15) is 5.56 Å². The van der Waals surface area contributed by atoms with E-state index in [-0.39, 0.29) is 5.82 Å². The van der Waals surface area contributed by atoms with E-state index in [1.165, 1.54) is 12.1 Å². The van der Waals surface area contributed by atoms with Crippen molar-refractivity contribution < 1.29 is 13.9 Å². The molecular weight excluding hydrogens is 383 g/mol. The van der Waals surface area contributed by atoms with Crippen molar-refractivity contribution in [3.05, 3.63) is 78.1 Å². The van der Waals surface area contributed by atoms with Gasteiger partial charge in [0.15, 0.2) is 0 Å². The topological polar surface area (TPSA) is 68.3 Å². The number of para-hydroxylation sites is 1. The molecule has 30 heavy (non-hydrogen) atoms. The number of hydrogen-bond acceptors (Lipinski definition) is 6. The first-order chi connectivity index (χ1) is 14.7. The second-order valence-corrected chi connectivity index (χ2v) is 6.58. The molecule has 6 nitrogen and oxygen atoms in total. The van der Waals surface area contributed by atoms with E-state index < -0.39 is 0 Å². The van der Waals surface area contributed by atoms with Crippen LogP contribution in [0.25, 0.3) is 10.9 Å². The Balaban J connectivity index is 1.67. The third kappa shape index (κ3) is 4.25. The van der Waals surface area contributed by atoms with Gasteiger partial charge in [0, 0.05) is 18.0 Å². The summed E-state index contributed by atoms with van der Waals surface area (Å²) < 4.78 is 23.9. The lowest BCUT2D eigenvalue weighted by atomic mass is 10.2. The highest BCUT2D eigenvalue weighted by molar-refractivity contribution is 5.90. The monoisotopic (exact) mass is 404 g/mol. The largest absolute Gasteiger partial charge is 0.497 e. The van der Waals surface area contributed by atoms with E-state index in [1.807, 2.05) is 42.5 Å². The second-order valence-electron chi connectivity index (χ2n) is 6.58. The molecule has 2 N–H and O–H groups in total. The van der Waals surface area contributed by atoms with E-state index >= 15 is 0 Å². The Morgan fingerprint density at radius 1 is 0.900 bits per heavy atom. The molecular formula is C23H21FN4O2. The third-order valence-electron chi connectivity index (χ3n) is 4.63. The van der Waals surface area contributed by atoms with Crippen LogP contribution in [0.4, 0.5) is 21.8 Å². The molecule has 0 aliphatic heterocycles. The zero-order valence-corrected chi connectivity index (χ0v) is 16.6. The zero-order chi connectivity index (χ0) is 20.9. The van der Waals surface area contributed by atoms with Gasteiger partial charge in [-0.05, 0) is 42.0 Å². The van der Waals surface area contributed by atoms with E-state index in [1.54, 1.807) is 26.4 Å². The summed E-state index contributed by atoms with van der Waals surface area (Å²) in [6.07, 6.45) is 0. The van der Waals surface area contributed by atoms with Crippen LogP contribution >= 0.6 is 0 Å². The van der Waals surface area contributed by atoms with Crippen molar-refractivity contribution in [1.82, 2.24) is 9.97 Å². The van der Waals surface area contributed by atoms with Crippen molar-refractivity contribution in [3.8, 4) is 11.5 Å². The number of halogens is 1. The molecule has 0 amide bonds. The average molecular weight is 404 g/mol. The molecule has 0 aliphatic rings. The number of rotatable bonds is 7. The Bertz CT molecular complexity index is 1170. The van der Waals surface area contributed by atoms with Gasteiger partial charge in [0.05, 0.1) is 25.4 Å². The lowest BCUT2D eigenvalue weighted by Crippen LogP contribution is -2.06. The normalized spacial score (nSPS) is 10.6. The van der Waals surface area contributed by atoms with Crippen LogP contribution in [-0.2, 0) is 6.54 Å². The van der Waals surface area contributed by atoms with Gasteiger partial charge in [0.2, 0.25) is 5.95 Å². The Kier molecular flexibility index (Phi) is 5.61. The molecule has 0 saturated heterocycles. The van der Waals surface area contributed by atoms with E-state index in [9.17, 15) is 4.39 Å². The smallest absolute Gasteiger partial charge is 0.229 e. The van der Waals surface area contributed by atoms with Crippen LogP contribution < -0.4 is 20.1 Å². The van der Waals surface area contributed by atoms with E-state index in [0.29, 0.717) is 35.5 Å². The molecule has 3 aromatic carbocycles. The van der Waals surface area contributed by atoms with Gasteiger partial charge in [-0.3, -0.25) is 0 Å². The number of nitrogens with zero attached hydrogens (tertiary/aromatic N) is 2. The molecule has 0 fully saturated rings. The predicted molar refractivity (Wildman–Crippen MR) is 116 cm³/mol. The number of ether oxygens (including phenoxy) is 2. The van der Waals surface area contributed by atoms with E-state index in [0.717, 1.165) is 16.5 Å². The Morgan fingerprint density at radius 2 is 1.70 bits per heavy atom. The number of aromatic nitrogens is 2. The lowest BCUT2D eigenvalue weighted by Gasteiger charge is -2.14. The first-order valence-electron chi connectivity index (χ1n) is 9.40. The minimum absolute atomic E-state index is 0.259. The molecule has 1 heterocycles. The summed E-state index contributed by atoms with van der Waals surface area (Å²) in [6.45, 7) is 0.503. The molecule has 0 bridgehead atoms. The van der Waals surface area contributed by atoms with Crippen molar-refractivity contribution in [2.75, 3.05) is 24.9 Å². The van der Waals surface area contributed by atoms with Crippen molar-refractivity contribution in [2.24, 2.45) is 0 Å². The fourth-order valence-electron chi connectivity index (χ4n) is 3.09. The summed E-state index contributed by atoms with van der Waals surface area (Å²) >= 11 is 0. The van der Waals surface area contributed by atoms with Crippen molar-refractivity contribution in [1.29, 1.82) is 0 Å². The van der Waals surface area contributed by atoms with Crippen LogP contribution in [0.3, 0.4) is 0 Å². The van der Waals surface area contributed by atoms with Crippen molar-refractivity contribution >= 4 is 28.4 Å². The molecule has 4 aromatic rings. The molecule has 0 radical (unpaired) electrons. The summed E-state index contributed by atoms with van der Waals surface area (Å²) in [7, 11) is 3.21. The quantitative estimate of drug-likeness (QED) is 0.444. The number of anilines is 3. The number of fused-ring (bicyclic) bond motifs is 1. The SMILES string of the molecule is COc1ccc(OC)c(Nc2nc(NCc3ccc(F)cc3)c3ccccc3n2)c1. The second kappa shape index (κ2) is 8.65. The summed E-state index contributed by atoms with van der Waals surface area (Å²) in [5.74, 6) is 2.17. The van der Waals surface area contributed by atoms with Crippen molar-refractivity contribution in [3.63, 3.8) is 0 Å². The minimum Gasteiger partial charge on any atom is -0.497 e. The van der Waals surface area contributed by atoms with Crippen LogP contribution in [0.5, 0.6) is 11.5 Å². The highest BCUT2D eigenvalue weighted by atomic mass is 19.1. The molecule has 0 unspecified atom stereocenters. The Labute approximate surface area is 173 Å². The molecule has 0 spiro atoms. The summed E-state index contributed by atoms with van der Waals surface area (Å²) in [4.78, 5) is 9.28. The highest BCUT2D eigenvalue weighted by Crippen LogP contribution is 2.32. The lowest BCUT2D eigenvalue weighted by molar-refractivity contribution is 0.405. The number of benzene rings is 3. The predicted octanol–water partition coefficient (Wildman–Crippen LogP) is 5.14. The average Bonchev–Trinajstić information content (AvgIpc) is 2.78. The van der Waals surface area contributed by atoms with Gasteiger partial charge < -0.3 is 20.1 Å². The Morgan fingerprint density at radius 3 is 2.47 bits per heavy atom. The van der Waals surface area contributed by atoms with Crippen molar-refractivity contribution in [2.45, 2.75) is 6.54 Å². The minimum atomic E-state index is -0.259. The molecule has 4 rings (SSSR count). The Hall–Kier alpha value is -3.87. The number of hydrogen-bond donors (Lipinski definition) is 2. The molecule has 7 heteroatoms. The van der Waals surface area contributed by atoms with Crippen LogP contribution in [0, 0.1) is 5.82 Å². The maximum atomic E-state index is 13.2. The zero-order valence-electron chi connectivity index (χ0n) is 16.6. The first-order valence-corrected chi connectivity index (χ1v) is 9.40. The van der Waals surface area contributed by atoms with Gasteiger partial charge in [-0.2, -0.15) is 4.98 Å². The van der Waals surface area contributed by atoms with E-state index in [4.69, 9.17) is 9.47 Å². The fourth-order valence-corrected chi connectivity index (χ4v) is 3.09. The number of methoxy groups -OCH3 is 2. The maximum absolute atomic E-state index is 13.2. The molecule has 0 aliphatic carbocycles. The van der Waals surface area contributed by atoms with Gasteiger partial charge in [-0.15, -0.1) is 0 Å². The molecule has 0 atom stereocenters. The first kappa shape index (κ1) is 19.4. The van der Waals surface area contributed by atoms with Gasteiger partial charge in [0.25, 0.3) is 0 Å². The van der Waals surface area contributed by atoms with E-state index in [2.05, 4.69) is 20.6 Å². The molecule has 1 aromatic heterocycles. The summed E-state index contributed by atoms with van der Waals surface area (Å²) in [5.41, 5.74) is 2.43. The van der Waals surface area contributed by atoms with Crippen LogP contribution in [0.15, 0.2) is 66.7 Å². The van der Waals surface area contributed by atoms with Gasteiger partial charge in [-0.1, -0.05) is 24.3 Å². The maximum Gasteiger partial charge on any atom is 0.229 e. The number of nitrogens with one attached hydrogen (secondary N) is 2. The summed E-state index contributed by atoms with van der Waals surface area (Å²) in [5, 5.41) is 7.44. The highest BCUT2D eigenvalue weighted by Gasteiger charge is 2.11. The van der Waals surface area contributed by atoms with Gasteiger partial charge in [0.1, 0.15) is 23.1 Å². The van der Waals surface area contributed by atoms with Gasteiger partial charge >= 0.3 is 0 Å². The molecule has 152 valence electrons.